The van der Waals surface area contributed by atoms with Crippen molar-refractivity contribution in [1.82, 2.24) is 0 Å². The van der Waals surface area contributed by atoms with Crippen LogP contribution in [0.1, 0.15) is 33.3 Å². The average molecular weight is 255 g/mol. The molecule has 0 spiro atoms. The Morgan fingerprint density at radius 3 is 1.71 bits per heavy atom. The molecule has 0 amide bonds. The Labute approximate surface area is 104 Å². The Kier molecular flexibility index (Phi) is 3.99. The van der Waals surface area contributed by atoms with E-state index in [0.717, 1.165) is 5.56 Å². The maximum absolute atomic E-state index is 12.1. The Balaban J connectivity index is 3.60. The van der Waals surface area contributed by atoms with Crippen molar-refractivity contribution >= 4 is 10.0 Å². The molecule has 0 radical (unpaired) electrons. The van der Waals surface area contributed by atoms with E-state index < -0.39 is 14.8 Å². The SMILES string of the molecule is CC(C)C(c1ccccc1)(C(C)C)S(N)(=O)=O. The second kappa shape index (κ2) is 4.78. The van der Waals surface area contributed by atoms with E-state index >= 15 is 0 Å². The van der Waals surface area contributed by atoms with Crippen LogP contribution in [0.15, 0.2) is 30.3 Å². The fourth-order valence-electron chi connectivity index (χ4n) is 2.85. The molecule has 4 heteroatoms. The van der Waals surface area contributed by atoms with Crippen LogP contribution in [0.3, 0.4) is 0 Å². The van der Waals surface area contributed by atoms with Gasteiger partial charge in [-0.2, -0.15) is 0 Å². The fourth-order valence-corrected chi connectivity index (χ4v) is 4.63. The third kappa shape index (κ3) is 2.24. The van der Waals surface area contributed by atoms with Crippen molar-refractivity contribution < 1.29 is 8.42 Å². The van der Waals surface area contributed by atoms with Gasteiger partial charge in [-0.05, 0) is 17.4 Å². The van der Waals surface area contributed by atoms with Crippen LogP contribution in [0.5, 0.6) is 0 Å². The van der Waals surface area contributed by atoms with E-state index in [4.69, 9.17) is 5.14 Å². The zero-order chi connectivity index (χ0) is 13.3. The summed E-state index contributed by atoms with van der Waals surface area (Å²) < 4.78 is 23.2. The van der Waals surface area contributed by atoms with Gasteiger partial charge in [0.2, 0.25) is 10.0 Å². The molecule has 0 atom stereocenters. The minimum absolute atomic E-state index is 0.0834. The Bertz CT molecular complexity index is 455. The van der Waals surface area contributed by atoms with Crippen molar-refractivity contribution in [1.29, 1.82) is 0 Å². The van der Waals surface area contributed by atoms with E-state index in [1.807, 2.05) is 58.0 Å². The molecule has 3 nitrogen and oxygen atoms in total. The molecular weight excluding hydrogens is 234 g/mol. The standard InChI is InChI=1S/C13H21NO2S/c1-10(2)13(11(3)4,17(14,15)16)12-8-6-5-7-9-12/h5-11H,1-4H3,(H2,14,15,16). The van der Waals surface area contributed by atoms with E-state index in [1.54, 1.807) is 0 Å². The molecule has 0 aromatic heterocycles. The van der Waals surface area contributed by atoms with Crippen molar-refractivity contribution in [2.24, 2.45) is 17.0 Å². The number of primary sulfonamides is 1. The number of rotatable bonds is 4. The molecule has 0 heterocycles. The number of hydrogen-bond acceptors (Lipinski definition) is 2. The topological polar surface area (TPSA) is 60.2 Å². The van der Waals surface area contributed by atoms with Gasteiger partial charge in [0.25, 0.3) is 0 Å². The summed E-state index contributed by atoms with van der Waals surface area (Å²) in [6, 6.07) is 9.24. The van der Waals surface area contributed by atoms with Gasteiger partial charge in [0, 0.05) is 0 Å². The molecule has 1 aromatic rings. The van der Waals surface area contributed by atoms with Gasteiger partial charge in [-0.3, -0.25) is 0 Å². The molecule has 2 N–H and O–H groups in total. The zero-order valence-electron chi connectivity index (χ0n) is 10.8. The molecule has 0 aliphatic rings. The molecule has 0 aliphatic carbocycles. The lowest BCUT2D eigenvalue weighted by atomic mass is 9.79. The van der Waals surface area contributed by atoms with Crippen molar-refractivity contribution in [3.63, 3.8) is 0 Å². The summed E-state index contributed by atoms with van der Waals surface area (Å²) in [6.45, 7) is 7.60. The van der Waals surface area contributed by atoms with Crippen LogP contribution in [0.4, 0.5) is 0 Å². The van der Waals surface area contributed by atoms with Crippen molar-refractivity contribution in [2.45, 2.75) is 32.4 Å². The van der Waals surface area contributed by atoms with Gasteiger partial charge in [0.15, 0.2) is 0 Å². The summed E-state index contributed by atoms with van der Waals surface area (Å²) in [6.07, 6.45) is 0. The predicted molar refractivity (Wildman–Crippen MR) is 70.9 cm³/mol. The van der Waals surface area contributed by atoms with Gasteiger partial charge < -0.3 is 0 Å². The first kappa shape index (κ1) is 14.2. The van der Waals surface area contributed by atoms with Crippen LogP contribution >= 0.6 is 0 Å². The van der Waals surface area contributed by atoms with Gasteiger partial charge in [-0.1, -0.05) is 58.0 Å². The molecule has 17 heavy (non-hydrogen) atoms. The summed E-state index contributed by atoms with van der Waals surface area (Å²) >= 11 is 0. The minimum Gasteiger partial charge on any atom is -0.228 e. The van der Waals surface area contributed by atoms with Gasteiger partial charge in [-0.15, -0.1) is 0 Å². The largest absolute Gasteiger partial charge is 0.228 e. The molecule has 0 saturated heterocycles. The molecule has 1 aromatic carbocycles. The van der Waals surface area contributed by atoms with E-state index in [1.165, 1.54) is 0 Å². The molecular formula is C13H21NO2S. The van der Waals surface area contributed by atoms with Crippen molar-refractivity contribution in [2.75, 3.05) is 0 Å². The van der Waals surface area contributed by atoms with E-state index in [-0.39, 0.29) is 11.8 Å². The Hall–Kier alpha value is -0.870. The Morgan fingerprint density at radius 2 is 1.41 bits per heavy atom. The Morgan fingerprint density at radius 1 is 1.00 bits per heavy atom. The average Bonchev–Trinajstić information content (AvgIpc) is 2.16. The number of benzene rings is 1. The molecule has 0 unspecified atom stereocenters. The van der Waals surface area contributed by atoms with Gasteiger partial charge in [-0.25, -0.2) is 13.6 Å². The van der Waals surface area contributed by atoms with Crippen LogP contribution < -0.4 is 5.14 Å². The molecule has 0 aliphatic heterocycles. The third-order valence-electron chi connectivity index (χ3n) is 3.41. The quantitative estimate of drug-likeness (QED) is 0.898. The smallest absolute Gasteiger partial charge is 0.219 e. The van der Waals surface area contributed by atoms with Crippen LogP contribution in [-0.4, -0.2) is 8.42 Å². The fraction of sp³-hybridized carbons (Fsp3) is 0.538. The lowest BCUT2D eigenvalue weighted by Crippen LogP contribution is -2.49. The van der Waals surface area contributed by atoms with Crippen LogP contribution in [0.25, 0.3) is 0 Å². The van der Waals surface area contributed by atoms with Gasteiger partial charge in [0.1, 0.15) is 4.75 Å². The second-order valence-electron chi connectivity index (χ2n) is 5.01. The molecule has 96 valence electrons. The van der Waals surface area contributed by atoms with Crippen molar-refractivity contribution in [3.05, 3.63) is 35.9 Å². The van der Waals surface area contributed by atoms with E-state index in [9.17, 15) is 8.42 Å². The predicted octanol–water partition coefficient (Wildman–Crippen LogP) is 2.48. The zero-order valence-corrected chi connectivity index (χ0v) is 11.7. The molecule has 0 saturated carbocycles. The first-order valence-electron chi connectivity index (χ1n) is 5.82. The summed E-state index contributed by atoms with van der Waals surface area (Å²) in [7, 11) is -3.68. The third-order valence-corrected chi connectivity index (χ3v) is 5.53. The van der Waals surface area contributed by atoms with Gasteiger partial charge in [0.05, 0.1) is 0 Å². The second-order valence-corrected chi connectivity index (χ2v) is 6.78. The number of hydrogen-bond donors (Lipinski definition) is 1. The number of nitrogens with two attached hydrogens (primary N) is 1. The summed E-state index contributed by atoms with van der Waals surface area (Å²) in [4.78, 5) is 0. The highest BCUT2D eigenvalue weighted by Crippen LogP contribution is 2.42. The molecule has 0 bridgehead atoms. The van der Waals surface area contributed by atoms with Crippen molar-refractivity contribution in [3.8, 4) is 0 Å². The van der Waals surface area contributed by atoms with Crippen LogP contribution in [0, 0.1) is 11.8 Å². The van der Waals surface area contributed by atoms with E-state index in [2.05, 4.69) is 0 Å². The summed E-state index contributed by atoms with van der Waals surface area (Å²) in [5.41, 5.74) is 0.771. The molecule has 0 fully saturated rings. The van der Waals surface area contributed by atoms with Crippen LogP contribution in [0.2, 0.25) is 0 Å². The monoisotopic (exact) mass is 255 g/mol. The lowest BCUT2D eigenvalue weighted by molar-refractivity contribution is 0.317. The lowest BCUT2D eigenvalue weighted by Gasteiger charge is -2.39. The summed E-state index contributed by atoms with van der Waals surface area (Å²) in [5.74, 6) is -0.167. The maximum Gasteiger partial charge on any atom is 0.219 e. The summed E-state index contributed by atoms with van der Waals surface area (Å²) in [5, 5.41) is 5.52. The van der Waals surface area contributed by atoms with Crippen LogP contribution in [-0.2, 0) is 14.8 Å². The highest BCUT2D eigenvalue weighted by Gasteiger charge is 2.48. The maximum atomic E-state index is 12.1. The highest BCUT2D eigenvalue weighted by atomic mass is 32.2. The first-order valence-corrected chi connectivity index (χ1v) is 7.37. The minimum atomic E-state index is -3.68. The van der Waals surface area contributed by atoms with E-state index in [0.29, 0.717) is 0 Å². The van der Waals surface area contributed by atoms with Gasteiger partial charge >= 0.3 is 0 Å². The first-order chi connectivity index (χ1) is 7.74. The normalized spacial score (nSPS) is 13.4. The highest BCUT2D eigenvalue weighted by molar-refractivity contribution is 7.90. The number of sulfonamides is 1. The molecule has 1 rings (SSSR count).